The molecule has 0 spiro atoms. The van der Waals surface area contributed by atoms with Crippen molar-refractivity contribution in [1.29, 1.82) is 0 Å². The first-order valence-corrected chi connectivity index (χ1v) is 3.81. The molecule has 30 valence electrons. The summed E-state index contributed by atoms with van der Waals surface area (Å²) >= 11 is 1.22. The molecule has 0 aromatic carbocycles. The molecular formula is C5H7In. The van der Waals surface area contributed by atoms with Crippen LogP contribution in [0.5, 0.6) is 0 Å². The van der Waals surface area contributed by atoms with E-state index in [-0.39, 0.29) is 0 Å². The van der Waals surface area contributed by atoms with Crippen LogP contribution < -0.4 is 0 Å². The Labute approximate surface area is 53.5 Å². The zero-order chi connectivity index (χ0) is 4.83. The van der Waals surface area contributed by atoms with Crippen molar-refractivity contribution < 1.29 is 0 Å². The maximum atomic E-state index is 2.13. The van der Waals surface area contributed by atoms with Crippen LogP contribution in [-0.2, 0) is 0 Å². The Balaban J connectivity index is 3.07. The Bertz CT molecular complexity index is 52.3. The molecule has 6 heavy (non-hydrogen) atoms. The molecule has 0 rings (SSSR count). The Morgan fingerprint density at radius 2 is 2.00 bits per heavy atom. The number of hydrogen-bond acceptors (Lipinski definition) is 0. The van der Waals surface area contributed by atoms with E-state index >= 15 is 0 Å². The van der Waals surface area contributed by atoms with Crippen LogP contribution in [0.3, 0.4) is 0 Å². The molecule has 0 aromatic rings. The minimum atomic E-state index is 1.22. The fourth-order valence-electron chi connectivity index (χ4n) is 0.175. The molecule has 0 unspecified atom stereocenters. The van der Waals surface area contributed by atoms with Crippen LogP contribution in [0.25, 0.3) is 0 Å². The summed E-state index contributed by atoms with van der Waals surface area (Å²) in [5, 5.41) is 0. The van der Waals surface area contributed by atoms with Crippen LogP contribution in [0, 0.1) is 0 Å². The van der Waals surface area contributed by atoms with Crippen LogP contribution in [-0.4, -0.2) is 24.4 Å². The van der Waals surface area contributed by atoms with E-state index in [0.717, 1.165) is 0 Å². The van der Waals surface area contributed by atoms with Gasteiger partial charge in [-0.3, -0.25) is 0 Å². The van der Waals surface area contributed by atoms with Gasteiger partial charge in [0.05, 0.1) is 0 Å². The Morgan fingerprint density at radius 3 is 2.17 bits per heavy atom. The van der Waals surface area contributed by atoms with E-state index in [1.807, 2.05) is 19.1 Å². The van der Waals surface area contributed by atoms with E-state index in [4.69, 9.17) is 0 Å². The fourth-order valence-corrected chi connectivity index (χ4v) is 0.541. The quantitative estimate of drug-likeness (QED) is 0.535. The number of rotatable bonds is 1. The maximum absolute atomic E-state index is 2.13. The summed E-state index contributed by atoms with van der Waals surface area (Å²) in [6.07, 6.45) is 6.11. The average molecular weight is 182 g/mol. The molecule has 0 bridgehead atoms. The first kappa shape index (κ1) is 6.35. The Kier molecular flexibility index (Phi) is 5.66. The van der Waals surface area contributed by atoms with Crippen LogP contribution in [0.2, 0.25) is 0 Å². The van der Waals surface area contributed by atoms with Gasteiger partial charge in [-0.25, -0.2) is 0 Å². The molecule has 0 saturated heterocycles. The Morgan fingerprint density at radius 1 is 1.33 bits per heavy atom. The molecule has 0 heterocycles. The molecule has 0 aliphatic rings. The predicted octanol–water partition coefficient (Wildman–Crippen LogP) is 1.24. The second-order valence-electron chi connectivity index (χ2n) is 0.911. The van der Waals surface area contributed by atoms with Crippen molar-refractivity contribution in [3.05, 3.63) is 22.1 Å². The summed E-state index contributed by atoms with van der Waals surface area (Å²) in [5.41, 5.74) is 0. The topological polar surface area (TPSA) is 0 Å². The van der Waals surface area contributed by atoms with Crippen LogP contribution >= 0.6 is 0 Å². The first-order valence-electron chi connectivity index (χ1n) is 1.91. The zero-order valence-corrected chi connectivity index (χ0v) is 7.18. The molecule has 0 aromatic heterocycles. The second-order valence-corrected chi connectivity index (χ2v) is 2.01. The third-order valence-electron chi connectivity index (χ3n) is 0.415. The van der Waals surface area contributed by atoms with Gasteiger partial charge in [-0.1, -0.05) is 0 Å². The second kappa shape index (κ2) is 5.35. The summed E-state index contributed by atoms with van der Waals surface area (Å²) in [4.78, 5) is 0. The van der Waals surface area contributed by atoms with Gasteiger partial charge in [0, 0.05) is 0 Å². The van der Waals surface area contributed by atoms with E-state index < -0.39 is 0 Å². The van der Waals surface area contributed by atoms with Crippen LogP contribution in [0.15, 0.2) is 22.1 Å². The van der Waals surface area contributed by atoms with Gasteiger partial charge in [-0.2, -0.15) is 0 Å². The van der Waals surface area contributed by atoms with Crippen molar-refractivity contribution in [1.82, 2.24) is 0 Å². The van der Waals surface area contributed by atoms with Crippen LogP contribution in [0.1, 0.15) is 6.92 Å². The Hall–Kier alpha value is 0.350. The molecule has 0 fully saturated rings. The normalized spacial score (nSPS) is 11.5. The summed E-state index contributed by atoms with van der Waals surface area (Å²) in [5.74, 6) is 0. The molecule has 1 heteroatoms. The molecule has 0 nitrogen and oxygen atoms in total. The molecule has 2 radical (unpaired) electrons. The predicted molar refractivity (Wildman–Crippen MR) is 29.7 cm³/mol. The number of allylic oxidation sites excluding steroid dienone is 3. The van der Waals surface area contributed by atoms with Crippen molar-refractivity contribution in [3.63, 3.8) is 0 Å². The standard InChI is InChI=1S/C5H7.In/c1-3-5-4-2;/h1,3-5H,2H3;. The SMILES string of the molecule is CC=CC=[CH][In]. The van der Waals surface area contributed by atoms with Gasteiger partial charge < -0.3 is 0 Å². The number of hydrogen-bond donors (Lipinski definition) is 0. The summed E-state index contributed by atoms with van der Waals surface area (Å²) < 4.78 is 2.13. The van der Waals surface area contributed by atoms with Gasteiger partial charge >= 0.3 is 53.4 Å². The van der Waals surface area contributed by atoms with E-state index in [0.29, 0.717) is 0 Å². The third kappa shape index (κ3) is 4.35. The van der Waals surface area contributed by atoms with E-state index in [9.17, 15) is 0 Å². The van der Waals surface area contributed by atoms with Crippen molar-refractivity contribution >= 4 is 24.4 Å². The van der Waals surface area contributed by atoms with Gasteiger partial charge in [0.25, 0.3) is 0 Å². The summed E-state index contributed by atoms with van der Waals surface area (Å²) in [6.45, 7) is 2.01. The molecule has 0 amide bonds. The molecule has 0 saturated carbocycles. The molecular weight excluding hydrogens is 175 g/mol. The van der Waals surface area contributed by atoms with Gasteiger partial charge in [-0.05, 0) is 0 Å². The molecule has 0 aliphatic heterocycles. The van der Waals surface area contributed by atoms with E-state index in [1.165, 1.54) is 24.4 Å². The van der Waals surface area contributed by atoms with Gasteiger partial charge in [0.1, 0.15) is 0 Å². The first-order chi connectivity index (χ1) is 2.91. The van der Waals surface area contributed by atoms with E-state index in [1.54, 1.807) is 0 Å². The molecule has 0 atom stereocenters. The van der Waals surface area contributed by atoms with Crippen molar-refractivity contribution in [2.24, 2.45) is 0 Å². The molecule has 0 N–H and O–H groups in total. The summed E-state index contributed by atoms with van der Waals surface area (Å²) in [6, 6.07) is 0. The minimum absolute atomic E-state index is 1.22. The van der Waals surface area contributed by atoms with Crippen molar-refractivity contribution in [2.45, 2.75) is 6.92 Å². The van der Waals surface area contributed by atoms with Crippen molar-refractivity contribution in [3.8, 4) is 0 Å². The zero-order valence-electron chi connectivity index (χ0n) is 3.89. The van der Waals surface area contributed by atoms with Gasteiger partial charge in [0.2, 0.25) is 0 Å². The van der Waals surface area contributed by atoms with Crippen LogP contribution in [0.4, 0.5) is 0 Å². The molecule has 0 aliphatic carbocycles. The monoisotopic (exact) mass is 182 g/mol. The average Bonchev–Trinajstić information content (AvgIpc) is 1.61. The summed E-state index contributed by atoms with van der Waals surface area (Å²) in [7, 11) is 0. The fraction of sp³-hybridized carbons (Fsp3) is 0.200. The van der Waals surface area contributed by atoms with Gasteiger partial charge in [-0.15, -0.1) is 0 Å². The van der Waals surface area contributed by atoms with E-state index in [2.05, 4.69) is 9.91 Å². The van der Waals surface area contributed by atoms with Crippen molar-refractivity contribution in [2.75, 3.05) is 0 Å². The third-order valence-corrected chi connectivity index (χ3v) is 1.05. The van der Waals surface area contributed by atoms with Gasteiger partial charge in [0.15, 0.2) is 0 Å².